The molecule has 2 aromatic rings. The molecule has 4 rings (SSSR count). The zero-order chi connectivity index (χ0) is 16.8. The van der Waals surface area contributed by atoms with E-state index in [9.17, 15) is 18.7 Å². The maximum atomic E-state index is 13.5. The van der Waals surface area contributed by atoms with Crippen molar-refractivity contribution in [3.63, 3.8) is 0 Å². The van der Waals surface area contributed by atoms with Crippen LogP contribution in [0, 0.1) is 11.6 Å². The van der Waals surface area contributed by atoms with E-state index in [1.807, 2.05) is 0 Å². The van der Waals surface area contributed by atoms with Gasteiger partial charge in [0.2, 0.25) is 5.76 Å². The highest BCUT2D eigenvalue weighted by Crippen LogP contribution is 2.40. The number of rotatable bonds is 3. The number of carbonyl (C=O) groups excluding carboxylic acids is 1. The van der Waals surface area contributed by atoms with Gasteiger partial charge in [-0.3, -0.25) is 4.79 Å². The van der Waals surface area contributed by atoms with Crippen LogP contribution in [0.15, 0.2) is 28.8 Å². The van der Waals surface area contributed by atoms with E-state index in [1.165, 1.54) is 11.0 Å². The number of amides is 1. The maximum absolute atomic E-state index is 13.5. The first-order valence-corrected chi connectivity index (χ1v) is 7.93. The van der Waals surface area contributed by atoms with Crippen LogP contribution in [0.1, 0.15) is 53.0 Å². The van der Waals surface area contributed by atoms with Crippen molar-refractivity contribution in [2.45, 2.75) is 37.3 Å². The average molecular weight is 334 g/mol. The van der Waals surface area contributed by atoms with Gasteiger partial charge in [-0.15, -0.1) is 0 Å². The molecule has 7 heteroatoms. The van der Waals surface area contributed by atoms with Crippen molar-refractivity contribution in [2.75, 3.05) is 6.54 Å². The van der Waals surface area contributed by atoms with Crippen molar-refractivity contribution in [2.24, 2.45) is 0 Å². The summed E-state index contributed by atoms with van der Waals surface area (Å²) in [5.41, 5.74) is 1.21. The van der Waals surface area contributed by atoms with E-state index in [0.29, 0.717) is 11.5 Å². The minimum Gasteiger partial charge on any atom is -0.391 e. The molecule has 1 saturated carbocycles. The smallest absolute Gasteiger partial charge is 0.293 e. The number of halogens is 2. The predicted octanol–water partition coefficient (Wildman–Crippen LogP) is 2.78. The standard InChI is InChI=1S/C17H16F2N2O3/c18-12-4-3-10(5-13(12)19)15-6-11(22)8-21(15)17(23)16-7-14(20-24-16)9-1-2-9/h3-5,7,9,11,15,22H,1-2,6,8H2/t11-,15-/m0/s1. The lowest BCUT2D eigenvalue weighted by Gasteiger charge is -2.23. The van der Waals surface area contributed by atoms with Gasteiger partial charge in [0.05, 0.1) is 17.8 Å². The Morgan fingerprint density at radius 1 is 1.25 bits per heavy atom. The Morgan fingerprint density at radius 3 is 2.75 bits per heavy atom. The maximum Gasteiger partial charge on any atom is 0.293 e. The van der Waals surface area contributed by atoms with Gasteiger partial charge in [-0.2, -0.15) is 0 Å². The van der Waals surface area contributed by atoms with Crippen LogP contribution in [0.2, 0.25) is 0 Å². The number of aliphatic hydroxyl groups is 1. The quantitative estimate of drug-likeness (QED) is 0.937. The van der Waals surface area contributed by atoms with Gasteiger partial charge < -0.3 is 14.5 Å². The summed E-state index contributed by atoms with van der Waals surface area (Å²) in [6, 6.07) is 4.62. The number of aromatic nitrogens is 1. The second kappa shape index (κ2) is 5.66. The van der Waals surface area contributed by atoms with E-state index < -0.39 is 29.7 Å². The molecule has 0 unspecified atom stereocenters. The van der Waals surface area contributed by atoms with Gasteiger partial charge in [0.25, 0.3) is 5.91 Å². The van der Waals surface area contributed by atoms with Crippen LogP contribution in [0.4, 0.5) is 8.78 Å². The van der Waals surface area contributed by atoms with E-state index in [0.717, 1.165) is 30.7 Å². The van der Waals surface area contributed by atoms with Gasteiger partial charge in [0.1, 0.15) is 0 Å². The molecular formula is C17H16F2N2O3. The zero-order valence-corrected chi connectivity index (χ0v) is 12.8. The van der Waals surface area contributed by atoms with Crippen LogP contribution in [0.5, 0.6) is 0 Å². The third kappa shape index (κ3) is 2.69. The van der Waals surface area contributed by atoms with Gasteiger partial charge in [-0.05, 0) is 37.0 Å². The first-order chi connectivity index (χ1) is 11.5. The highest BCUT2D eigenvalue weighted by Gasteiger charge is 2.38. The van der Waals surface area contributed by atoms with Crippen LogP contribution < -0.4 is 0 Å². The van der Waals surface area contributed by atoms with Crippen molar-refractivity contribution in [1.82, 2.24) is 10.1 Å². The van der Waals surface area contributed by atoms with Crippen molar-refractivity contribution < 1.29 is 23.2 Å². The SMILES string of the molecule is O=C(c1cc(C2CC2)no1)N1C[C@@H](O)C[C@H]1c1ccc(F)c(F)c1. The first kappa shape index (κ1) is 15.3. The summed E-state index contributed by atoms with van der Waals surface area (Å²) < 4.78 is 31.8. The van der Waals surface area contributed by atoms with E-state index in [-0.39, 0.29) is 18.7 Å². The van der Waals surface area contributed by atoms with Gasteiger partial charge in [-0.1, -0.05) is 11.2 Å². The fraction of sp³-hybridized carbons (Fsp3) is 0.412. The first-order valence-electron chi connectivity index (χ1n) is 7.93. The Hall–Kier alpha value is -2.28. The lowest BCUT2D eigenvalue weighted by Crippen LogP contribution is -2.31. The second-order valence-electron chi connectivity index (χ2n) is 6.43. The number of hydrogen-bond acceptors (Lipinski definition) is 4. The monoisotopic (exact) mass is 334 g/mol. The molecular weight excluding hydrogens is 318 g/mol. The topological polar surface area (TPSA) is 66.6 Å². The fourth-order valence-electron chi connectivity index (χ4n) is 3.18. The molecule has 1 amide bonds. The van der Waals surface area contributed by atoms with E-state index in [2.05, 4.69) is 5.16 Å². The Morgan fingerprint density at radius 2 is 2.04 bits per heavy atom. The molecule has 1 aliphatic carbocycles. The van der Waals surface area contributed by atoms with Gasteiger partial charge in [-0.25, -0.2) is 8.78 Å². The molecule has 1 aliphatic heterocycles. The number of benzene rings is 1. The van der Waals surface area contributed by atoms with Crippen molar-refractivity contribution in [1.29, 1.82) is 0 Å². The van der Waals surface area contributed by atoms with Crippen LogP contribution >= 0.6 is 0 Å². The molecule has 5 nitrogen and oxygen atoms in total. The molecule has 2 fully saturated rings. The predicted molar refractivity (Wildman–Crippen MR) is 79.2 cm³/mol. The summed E-state index contributed by atoms with van der Waals surface area (Å²) in [6.45, 7) is 0.113. The summed E-state index contributed by atoms with van der Waals surface area (Å²) in [5, 5.41) is 13.9. The second-order valence-corrected chi connectivity index (χ2v) is 6.43. The number of carbonyl (C=O) groups is 1. The van der Waals surface area contributed by atoms with E-state index in [1.54, 1.807) is 6.07 Å². The number of β-amino-alcohol motifs (C(OH)–C–C–N with tert-alkyl or cyclic N) is 1. The normalized spacial score (nSPS) is 23.7. The summed E-state index contributed by atoms with van der Waals surface area (Å²) in [5.74, 6) is -1.85. The molecule has 0 radical (unpaired) electrons. The summed E-state index contributed by atoms with van der Waals surface area (Å²) in [6.07, 6.45) is 1.62. The van der Waals surface area contributed by atoms with Crippen molar-refractivity contribution >= 4 is 5.91 Å². The third-order valence-electron chi connectivity index (χ3n) is 4.60. The summed E-state index contributed by atoms with van der Waals surface area (Å²) in [4.78, 5) is 14.1. The molecule has 1 saturated heterocycles. The largest absolute Gasteiger partial charge is 0.391 e. The van der Waals surface area contributed by atoms with Crippen LogP contribution in [-0.4, -0.2) is 33.7 Å². The lowest BCUT2D eigenvalue weighted by atomic mass is 10.0. The van der Waals surface area contributed by atoms with Crippen LogP contribution in [-0.2, 0) is 0 Å². The van der Waals surface area contributed by atoms with E-state index in [4.69, 9.17) is 4.52 Å². The summed E-state index contributed by atoms with van der Waals surface area (Å²) >= 11 is 0. The highest BCUT2D eigenvalue weighted by atomic mass is 19.2. The van der Waals surface area contributed by atoms with Crippen molar-refractivity contribution in [3.05, 3.63) is 52.9 Å². The van der Waals surface area contributed by atoms with Gasteiger partial charge in [0.15, 0.2) is 11.6 Å². The minimum atomic E-state index is -0.975. The van der Waals surface area contributed by atoms with Crippen LogP contribution in [0.3, 0.4) is 0 Å². The number of likely N-dealkylation sites (tertiary alicyclic amines) is 1. The zero-order valence-electron chi connectivity index (χ0n) is 12.8. The molecule has 0 spiro atoms. The molecule has 24 heavy (non-hydrogen) atoms. The molecule has 2 atom stereocenters. The molecule has 0 bridgehead atoms. The molecule has 1 N–H and O–H groups in total. The van der Waals surface area contributed by atoms with Crippen molar-refractivity contribution in [3.8, 4) is 0 Å². The summed E-state index contributed by atoms with van der Waals surface area (Å²) in [7, 11) is 0. The molecule has 2 heterocycles. The fourth-order valence-corrected chi connectivity index (χ4v) is 3.18. The number of nitrogens with zero attached hydrogens (tertiary/aromatic N) is 2. The Bertz CT molecular complexity index is 788. The number of hydrogen-bond donors (Lipinski definition) is 1. The van der Waals surface area contributed by atoms with E-state index >= 15 is 0 Å². The highest BCUT2D eigenvalue weighted by molar-refractivity contribution is 5.92. The lowest BCUT2D eigenvalue weighted by molar-refractivity contribution is 0.0673. The molecule has 126 valence electrons. The minimum absolute atomic E-state index is 0.110. The molecule has 2 aliphatic rings. The van der Waals surface area contributed by atoms with Gasteiger partial charge >= 0.3 is 0 Å². The Balaban J connectivity index is 1.61. The van der Waals surface area contributed by atoms with Crippen LogP contribution in [0.25, 0.3) is 0 Å². The molecule has 1 aromatic heterocycles. The van der Waals surface area contributed by atoms with Gasteiger partial charge in [0, 0.05) is 18.5 Å². The average Bonchev–Trinajstić information content (AvgIpc) is 3.16. The Labute approximate surface area is 136 Å². The number of aliphatic hydroxyl groups excluding tert-OH is 1. The molecule has 1 aromatic carbocycles. The third-order valence-corrected chi connectivity index (χ3v) is 4.60. The Kier molecular flexibility index (Phi) is 3.60.